The highest BCUT2D eigenvalue weighted by atomic mass is 35.5. The molecule has 9 heteroatoms. The number of imide groups is 1. The van der Waals surface area contributed by atoms with Gasteiger partial charge in [-0.2, -0.15) is 0 Å². The molecule has 1 spiro atoms. The van der Waals surface area contributed by atoms with Gasteiger partial charge in [-0.1, -0.05) is 72.3 Å². The summed E-state index contributed by atoms with van der Waals surface area (Å²) in [5.74, 6) is -2.56. The Bertz CT molecular complexity index is 1420. The second kappa shape index (κ2) is 9.77. The normalized spacial score (nSPS) is 26.4. The Labute approximate surface area is 231 Å². The summed E-state index contributed by atoms with van der Waals surface area (Å²) in [6, 6.07) is 20.8. The van der Waals surface area contributed by atoms with Crippen LogP contribution in [0.25, 0.3) is 0 Å². The number of nitrogens with zero attached hydrogens (tertiary/aromatic N) is 2. The van der Waals surface area contributed by atoms with Crippen molar-refractivity contribution in [2.45, 2.75) is 62.2 Å². The van der Waals surface area contributed by atoms with Gasteiger partial charge in [0.2, 0.25) is 6.04 Å². The van der Waals surface area contributed by atoms with Crippen molar-refractivity contribution >= 4 is 29.3 Å². The number of para-hydroxylation sites is 1. The monoisotopic (exact) mass is 548 g/mol. The van der Waals surface area contributed by atoms with Crippen LogP contribution in [0.4, 0.5) is 10.5 Å². The van der Waals surface area contributed by atoms with E-state index in [-0.39, 0.29) is 17.0 Å². The minimum absolute atomic E-state index is 0.0706. The quantitative estimate of drug-likeness (QED) is 0.325. The standard InChI is InChI=1S/C30H29ClN2O6/c1-29(2,3)39-28(36)32-23-12-8-7-11-22(23)30(27(32)35)24(34)17-21(18-13-15-20(31)16-14-18)26(33(37)38)25(30)19-9-5-4-6-10-19/h4-16,21,24-26,34H,17H2,1-3H3/t21-,24-,25-,26-,30-/m0/s1. The van der Waals surface area contributed by atoms with Crippen LogP contribution in [0.3, 0.4) is 0 Å². The van der Waals surface area contributed by atoms with Gasteiger partial charge in [-0.25, -0.2) is 9.69 Å². The molecular formula is C30H29ClN2O6. The molecule has 5 atom stereocenters. The highest BCUT2D eigenvalue weighted by molar-refractivity contribution is 6.30. The number of ether oxygens (including phenoxy) is 1. The van der Waals surface area contributed by atoms with Gasteiger partial charge in [0.25, 0.3) is 5.91 Å². The molecule has 1 aliphatic carbocycles. The molecule has 3 aromatic carbocycles. The Kier molecular flexibility index (Phi) is 6.73. The zero-order valence-corrected chi connectivity index (χ0v) is 22.5. The largest absolute Gasteiger partial charge is 0.443 e. The van der Waals surface area contributed by atoms with Gasteiger partial charge in [0.05, 0.1) is 23.6 Å². The second-order valence-corrected chi connectivity index (χ2v) is 11.5. The molecule has 8 nitrogen and oxygen atoms in total. The van der Waals surface area contributed by atoms with Crippen molar-refractivity contribution in [1.29, 1.82) is 0 Å². The van der Waals surface area contributed by atoms with Crippen LogP contribution in [0.2, 0.25) is 5.02 Å². The summed E-state index contributed by atoms with van der Waals surface area (Å²) in [4.78, 5) is 41.4. The van der Waals surface area contributed by atoms with Gasteiger partial charge in [0.1, 0.15) is 11.0 Å². The Morgan fingerprint density at radius 2 is 1.64 bits per heavy atom. The Hall–Kier alpha value is -3.75. The smallest absolute Gasteiger partial charge is 0.421 e. The molecular weight excluding hydrogens is 520 g/mol. The van der Waals surface area contributed by atoms with Gasteiger partial charge in [0.15, 0.2) is 0 Å². The highest BCUT2D eigenvalue weighted by Gasteiger charge is 2.69. The molecule has 2 amide bonds. The van der Waals surface area contributed by atoms with E-state index in [9.17, 15) is 24.8 Å². The van der Waals surface area contributed by atoms with E-state index in [0.29, 0.717) is 21.7 Å². The maximum absolute atomic E-state index is 14.5. The summed E-state index contributed by atoms with van der Waals surface area (Å²) >= 11 is 6.09. The van der Waals surface area contributed by atoms with Crippen LogP contribution >= 0.6 is 11.6 Å². The molecule has 1 saturated carbocycles. The van der Waals surface area contributed by atoms with E-state index in [1.54, 1.807) is 99.6 Å². The Balaban J connectivity index is 1.76. The van der Waals surface area contributed by atoms with Crippen LogP contribution in [0.5, 0.6) is 0 Å². The molecule has 0 radical (unpaired) electrons. The van der Waals surface area contributed by atoms with E-state index in [1.165, 1.54) is 0 Å². The van der Waals surface area contributed by atoms with Crippen molar-refractivity contribution in [3.63, 3.8) is 0 Å². The Morgan fingerprint density at radius 1 is 1.03 bits per heavy atom. The van der Waals surface area contributed by atoms with Crippen LogP contribution in [-0.2, 0) is 14.9 Å². The molecule has 0 saturated heterocycles. The fourth-order valence-electron chi connectivity index (χ4n) is 6.25. The average Bonchev–Trinajstić information content (AvgIpc) is 3.14. The number of hydrogen-bond donors (Lipinski definition) is 1. The first-order valence-corrected chi connectivity index (χ1v) is 13.1. The second-order valence-electron chi connectivity index (χ2n) is 11.1. The topological polar surface area (TPSA) is 110 Å². The summed E-state index contributed by atoms with van der Waals surface area (Å²) in [5.41, 5.74) is -0.915. The summed E-state index contributed by atoms with van der Waals surface area (Å²) in [7, 11) is 0. The van der Waals surface area contributed by atoms with Crippen molar-refractivity contribution in [1.82, 2.24) is 0 Å². The fraction of sp³-hybridized carbons (Fsp3) is 0.333. The number of amides is 2. The third-order valence-corrected chi connectivity index (χ3v) is 7.92. The predicted molar refractivity (Wildman–Crippen MR) is 147 cm³/mol. The summed E-state index contributed by atoms with van der Waals surface area (Å²) in [5, 5.41) is 25.4. The van der Waals surface area contributed by atoms with Gasteiger partial charge in [-0.3, -0.25) is 14.9 Å². The van der Waals surface area contributed by atoms with Crippen molar-refractivity contribution in [2.75, 3.05) is 4.90 Å². The number of aliphatic hydroxyl groups excluding tert-OH is 1. The van der Waals surface area contributed by atoms with Gasteiger partial charge in [-0.15, -0.1) is 0 Å². The minimum atomic E-state index is -1.80. The number of carbonyl (C=O) groups excluding carboxylic acids is 2. The summed E-state index contributed by atoms with van der Waals surface area (Å²) < 4.78 is 5.57. The van der Waals surface area contributed by atoms with Crippen molar-refractivity contribution in [3.8, 4) is 0 Å². The first-order chi connectivity index (χ1) is 18.5. The molecule has 39 heavy (non-hydrogen) atoms. The maximum atomic E-state index is 14.5. The lowest BCUT2D eigenvalue weighted by Crippen LogP contribution is -2.62. The average molecular weight is 549 g/mol. The van der Waals surface area contributed by atoms with Crippen molar-refractivity contribution in [2.24, 2.45) is 0 Å². The maximum Gasteiger partial charge on any atom is 0.421 e. The number of halogens is 1. The van der Waals surface area contributed by atoms with E-state index in [1.807, 2.05) is 0 Å². The number of aliphatic hydroxyl groups is 1. The Morgan fingerprint density at radius 3 is 2.26 bits per heavy atom. The molecule has 0 bridgehead atoms. The van der Waals surface area contributed by atoms with E-state index in [0.717, 1.165) is 4.90 Å². The number of benzene rings is 3. The van der Waals surface area contributed by atoms with E-state index in [2.05, 4.69) is 0 Å². The van der Waals surface area contributed by atoms with Crippen LogP contribution in [-0.4, -0.2) is 39.8 Å². The third kappa shape index (κ3) is 4.37. The fourth-order valence-corrected chi connectivity index (χ4v) is 6.37. The highest BCUT2D eigenvalue weighted by Crippen LogP contribution is 2.60. The number of anilines is 1. The lowest BCUT2D eigenvalue weighted by Gasteiger charge is -2.47. The molecule has 0 aromatic heterocycles. The first kappa shape index (κ1) is 26.8. The van der Waals surface area contributed by atoms with Crippen molar-refractivity contribution < 1.29 is 24.4 Å². The lowest BCUT2D eigenvalue weighted by molar-refractivity contribution is -0.537. The van der Waals surface area contributed by atoms with Crippen LogP contribution < -0.4 is 4.90 Å². The van der Waals surface area contributed by atoms with Crippen LogP contribution in [0, 0.1) is 10.1 Å². The van der Waals surface area contributed by atoms with Gasteiger partial charge in [0, 0.05) is 9.95 Å². The zero-order valence-electron chi connectivity index (χ0n) is 21.8. The number of fused-ring (bicyclic) bond motifs is 2. The molecule has 1 heterocycles. The number of rotatable bonds is 3. The van der Waals surface area contributed by atoms with E-state index >= 15 is 0 Å². The molecule has 2 aliphatic rings. The molecule has 0 unspecified atom stereocenters. The number of nitro groups is 1. The molecule has 3 aromatic rings. The summed E-state index contributed by atoms with van der Waals surface area (Å²) in [6.45, 7) is 5.07. The third-order valence-electron chi connectivity index (χ3n) is 7.67. The van der Waals surface area contributed by atoms with Crippen LogP contribution in [0.15, 0.2) is 78.9 Å². The predicted octanol–water partition coefficient (Wildman–Crippen LogP) is 5.84. The number of carbonyl (C=O) groups is 2. The molecule has 202 valence electrons. The molecule has 5 rings (SSSR count). The van der Waals surface area contributed by atoms with E-state index < -0.39 is 47.0 Å². The SMILES string of the molecule is CC(C)(C)OC(=O)N1C(=O)[C@@]2(c3ccccc31)[C@@H](O)C[C@@H](c1ccc(Cl)cc1)[C@H]([N+](=O)[O-])[C@@H]2c1ccccc1. The zero-order chi connectivity index (χ0) is 28.1. The lowest BCUT2D eigenvalue weighted by atomic mass is 9.54. The van der Waals surface area contributed by atoms with Gasteiger partial charge < -0.3 is 9.84 Å². The van der Waals surface area contributed by atoms with Gasteiger partial charge >= 0.3 is 6.09 Å². The summed E-state index contributed by atoms with van der Waals surface area (Å²) in [6.07, 6.45) is -2.31. The molecule has 1 aliphatic heterocycles. The van der Waals surface area contributed by atoms with Gasteiger partial charge in [-0.05, 0) is 62.1 Å². The minimum Gasteiger partial charge on any atom is -0.443 e. The van der Waals surface area contributed by atoms with E-state index in [4.69, 9.17) is 16.3 Å². The molecule has 1 N–H and O–H groups in total. The van der Waals surface area contributed by atoms with Crippen molar-refractivity contribution in [3.05, 3.63) is 111 Å². The molecule has 1 fully saturated rings. The number of hydrogen-bond acceptors (Lipinski definition) is 6. The first-order valence-electron chi connectivity index (χ1n) is 12.8. The van der Waals surface area contributed by atoms with Crippen LogP contribution in [0.1, 0.15) is 55.7 Å².